The van der Waals surface area contributed by atoms with Gasteiger partial charge in [0.2, 0.25) is 11.7 Å². The summed E-state index contributed by atoms with van der Waals surface area (Å²) in [7, 11) is 1.56. The van der Waals surface area contributed by atoms with E-state index in [9.17, 15) is 0 Å². The predicted molar refractivity (Wildman–Crippen MR) is 86.2 cm³/mol. The summed E-state index contributed by atoms with van der Waals surface area (Å²) in [4.78, 5) is 20.2. The van der Waals surface area contributed by atoms with Crippen molar-refractivity contribution in [3.63, 3.8) is 0 Å². The van der Waals surface area contributed by atoms with Crippen LogP contribution in [-0.4, -0.2) is 36.4 Å². The van der Waals surface area contributed by atoms with Gasteiger partial charge in [0.25, 0.3) is 6.01 Å². The van der Waals surface area contributed by atoms with E-state index in [1.165, 1.54) is 0 Å². The maximum atomic E-state index is 5.68. The highest BCUT2D eigenvalue weighted by Crippen LogP contribution is 2.26. The van der Waals surface area contributed by atoms with Crippen LogP contribution in [0.15, 0.2) is 43.0 Å². The lowest BCUT2D eigenvalue weighted by Gasteiger charge is -2.03. The highest BCUT2D eigenvalue weighted by Gasteiger charge is 2.14. The fourth-order valence-electron chi connectivity index (χ4n) is 2.46. The smallest absolute Gasteiger partial charge is 0.299 e. The van der Waals surface area contributed by atoms with E-state index in [1.807, 2.05) is 23.6 Å². The zero-order valence-electron chi connectivity index (χ0n) is 13.1. The Morgan fingerprint density at radius 3 is 2.83 bits per heavy atom. The molecule has 0 saturated carbocycles. The highest BCUT2D eigenvalue weighted by molar-refractivity contribution is 5.62. The quantitative estimate of drug-likeness (QED) is 0.621. The summed E-state index contributed by atoms with van der Waals surface area (Å²) in [6.45, 7) is 1.93. The lowest BCUT2D eigenvalue weighted by molar-refractivity contribution is 0.393. The highest BCUT2D eigenvalue weighted by atomic mass is 16.5. The summed E-state index contributed by atoms with van der Waals surface area (Å²) < 4.78 is 12.6. The zero-order valence-corrected chi connectivity index (χ0v) is 13.1. The summed E-state index contributed by atoms with van der Waals surface area (Å²) >= 11 is 0. The number of methoxy groups -OCH3 is 1. The molecule has 0 spiro atoms. The molecule has 4 rings (SSSR count). The maximum absolute atomic E-state index is 5.68. The number of pyridine rings is 1. The number of fused-ring (bicyclic) bond motifs is 1. The van der Waals surface area contributed by atoms with Crippen molar-refractivity contribution in [3.8, 4) is 29.0 Å². The minimum atomic E-state index is 0.371. The summed E-state index contributed by atoms with van der Waals surface area (Å²) in [6, 6.07) is 5.71. The van der Waals surface area contributed by atoms with Gasteiger partial charge in [-0.15, -0.1) is 0 Å². The van der Waals surface area contributed by atoms with Crippen LogP contribution in [0.4, 0.5) is 0 Å². The number of imidazole rings is 2. The molecule has 0 bridgehead atoms. The fraction of sp³-hybridized carbons (Fsp3) is 0.125. The van der Waals surface area contributed by atoms with E-state index in [-0.39, 0.29) is 0 Å². The molecule has 0 radical (unpaired) electrons. The number of hydrogen-bond acceptors (Lipinski definition) is 6. The van der Waals surface area contributed by atoms with Crippen molar-refractivity contribution < 1.29 is 9.47 Å². The van der Waals surface area contributed by atoms with Crippen molar-refractivity contribution in [2.24, 2.45) is 0 Å². The molecule has 1 N–H and O–H groups in total. The van der Waals surface area contributed by atoms with E-state index in [0.29, 0.717) is 23.4 Å². The molecule has 8 heteroatoms. The third-order valence-electron chi connectivity index (χ3n) is 3.52. The molecule has 0 aliphatic carbocycles. The van der Waals surface area contributed by atoms with Crippen LogP contribution in [-0.2, 0) is 0 Å². The Balaban J connectivity index is 1.65. The molecule has 0 aliphatic heterocycles. The van der Waals surface area contributed by atoms with Crippen LogP contribution in [0.3, 0.4) is 0 Å². The number of aryl methyl sites for hydroxylation is 1. The number of ether oxygens (including phenoxy) is 2. The Kier molecular flexibility index (Phi) is 3.34. The van der Waals surface area contributed by atoms with Crippen molar-refractivity contribution >= 4 is 5.78 Å². The Hall–Kier alpha value is -3.42. The second-order valence-electron chi connectivity index (χ2n) is 5.08. The molecular formula is C16H14N6O2. The number of aromatic nitrogens is 6. The third kappa shape index (κ3) is 2.43. The van der Waals surface area contributed by atoms with Gasteiger partial charge in [-0.05, 0) is 19.1 Å². The summed E-state index contributed by atoms with van der Waals surface area (Å²) in [5, 5.41) is 0. The molecule has 0 aliphatic rings. The first-order chi connectivity index (χ1) is 11.7. The molecule has 4 aromatic heterocycles. The molecule has 0 saturated heterocycles. The summed E-state index contributed by atoms with van der Waals surface area (Å²) in [5.74, 6) is 1.73. The van der Waals surface area contributed by atoms with Crippen molar-refractivity contribution in [2.45, 2.75) is 6.92 Å². The van der Waals surface area contributed by atoms with Gasteiger partial charge in [0, 0.05) is 18.5 Å². The Bertz CT molecular complexity index is 989. The first-order valence-corrected chi connectivity index (χ1v) is 7.27. The van der Waals surface area contributed by atoms with Crippen molar-refractivity contribution in [1.29, 1.82) is 0 Å². The number of nitrogens with one attached hydrogen (secondary N) is 1. The number of hydrogen-bond donors (Lipinski definition) is 1. The normalized spacial score (nSPS) is 10.9. The standard InChI is InChI=1S/C16H14N6O2/c1-10-14(22-7-3-6-17-15(22)20-10)12-9-19-16(21-12)24-11-4-5-13(23-2)18-8-11/h3-9H,1-2H3,(H,19,21). The molecule has 8 nitrogen and oxygen atoms in total. The molecule has 4 heterocycles. The van der Waals surface area contributed by atoms with Gasteiger partial charge in [-0.3, -0.25) is 4.40 Å². The second kappa shape index (κ2) is 5.65. The number of aromatic amines is 1. The lowest BCUT2D eigenvalue weighted by Crippen LogP contribution is -1.91. The van der Waals surface area contributed by atoms with Gasteiger partial charge in [-0.2, -0.15) is 0 Å². The Morgan fingerprint density at radius 1 is 1.12 bits per heavy atom. The molecule has 0 unspecified atom stereocenters. The topological polar surface area (TPSA) is 90.2 Å². The van der Waals surface area contributed by atoms with Crippen molar-refractivity contribution in [2.75, 3.05) is 7.11 Å². The van der Waals surface area contributed by atoms with E-state index in [1.54, 1.807) is 37.8 Å². The molecule has 120 valence electrons. The van der Waals surface area contributed by atoms with E-state index in [4.69, 9.17) is 9.47 Å². The van der Waals surface area contributed by atoms with Gasteiger partial charge < -0.3 is 14.5 Å². The van der Waals surface area contributed by atoms with Gasteiger partial charge in [0.15, 0.2) is 0 Å². The van der Waals surface area contributed by atoms with E-state index in [2.05, 4.69) is 24.9 Å². The van der Waals surface area contributed by atoms with Crippen LogP contribution >= 0.6 is 0 Å². The van der Waals surface area contributed by atoms with Crippen LogP contribution in [0, 0.1) is 6.92 Å². The monoisotopic (exact) mass is 322 g/mol. The van der Waals surface area contributed by atoms with E-state index in [0.717, 1.165) is 17.1 Å². The number of rotatable bonds is 4. The van der Waals surface area contributed by atoms with Crippen LogP contribution in [0.2, 0.25) is 0 Å². The zero-order chi connectivity index (χ0) is 16.5. The van der Waals surface area contributed by atoms with Crippen LogP contribution in [0.5, 0.6) is 17.6 Å². The van der Waals surface area contributed by atoms with Crippen LogP contribution in [0.25, 0.3) is 17.2 Å². The molecule has 4 aromatic rings. The minimum absolute atomic E-state index is 0.371. The van der Waals surface area contributed by atoms with Gasteiger partial charge >= 0.3 is 0 Å². The largest absolute Gasteiger partial charge is 0.481 e. The lowest BCUT2D eigenvalue weighted by atomic mass is 10.3. The van der Waals surface area contributed by atoms with Crippen molar-refractivity contribution in [1.82, 2.24) is 29.3 Å². The molecule has 0 aromatic carbocycles. The molecule has 24 heavy (non-hydrogen) atoms. The first-order valence-electron chi connectivity index (χ1n) is 7.27. The van der Waals surface area contributed by atoms with Gasteiger partial charge in [0.1, 0.15) is 5.75 Å². The second-order valence-corrected chi connectivity index (χ2v) is 5.08. The molecular weight excluding hydrogens is 308 g/mol. The van der Waals surface area contributed by atoms with E-state index >= 15 is 0 Å². The summed E-state index contributed by atoms with van der Waals surface area (Å²) in [6.07, 6.45) is 6.90. The average molecular weight is 322 g/mol. The molecule has 0 fully saturated rings. The van der Waals surface area contributed by atoms with Gasteiger partial charge in [0.05, 0.1) is 36.6 Å². The Labute approximate surface area is 137 Å². The van der Waals surface area contributed by atoms with Gasteiger partial charge in [-0.25, -0.2) is 19.9 Å². The molecule has 0 atom stereocenters. The molecule has 0 amide bonds. The average Bonchev–Trinajstić information content (AvgIpc) is 3.18. The number of H-pyrrole nitrogens is 1. The Morgan fingerprint density at radius 2 is 2.04 bits per heavy atom. The van der Waals surface area contributed by atoms with E-state index < -0.39 is 0 Å². The van der Waals surface area contributed by atoms with Gasteiger partial charge in [-0.1, -0.05) is 0 Å². The predicted octanol–water partition coefficient (Wildman–Crippen LogP) is 2.62. The van der Waals surface area contributed by atoms with Crippen molar-refractivity contribution in [3.05, 3.63) is 48.7 Å². The summed E-state index contributed by atoms with van der Waals surface area (Å²) in [5.41, 5.74) is 2.55. The maximum Gasteiger partial charge on any atom is 0.299 e. The number of nitrogens with zero attached hydrogens (tertiary/aromatic N) is 5. The first kappa shape index (κ1) is 14.2. The fourth-order valence-corrected chi connectivity index (χ4v) is 2.46. The van der Waals surface area contributed by atoms with Crippen LogP contribution in [0.1, 0.15) is 5.69 Å². The SMILES string of the molecule is COc1ccc(Oc2ncc(-c3c(C)nc4ncccn34)[nH]2)cn1. The third-order valence-corrected chi connectivity index (χ3v) is 3.52. The van der Waals surface area contributed by atoms with Crippen LogP contribution < -0.4 is 9.47 Å². The minimum Gasteiger partial charge on any atom is -0.481 e.